The third-order valence-electron chi connectivity index (χ3n) is 3.21. The number of methoxy groups -OCH3 is 1. The molecule has 0 atom stereocenters. The molecule has 5 nitrogen and oxygen atoms in total. The number of carbonyl (C=O) groups excluding carboxylic acids is 1. The molecule has 0 saturated heterocycles. The first-order valence-corrected chi connectivity index (χ1v) is 7.61. The molecule has 130 valence electrons. The molecule has 1 aromatic carbocycles. The van der Waals surface area contributed by atoms with Crippen molar-refractivity contribution >= 4 is 17.5 Å². The first kappa shape index (κ1) is 19.2. The topological polar surface area (TPSA) is 59.6 Å². The van der Waals surface area contributed by atoms with Crippen molar-refractivity contribution in [1.82, 2.24) is 0 Å². The van der Waals surface area contributed by atoms with E-state index in [0.717, 1.165) is 0 Å². The van der Waals surface area contributed by atoms with Gasteiger partial charge in [-0.3, -0.25) is 5.32 Å². The smallest absolute Gasteiger partial charge is 0.412 e. The molecule has 0 unspecified atom stereocenters. The molecule has 23 heavy (non-hydrogen) atoms. The zero-order chi connectivity index (χ0) is 17.7. The standard InChI is InChI=1S/C17H27FN2O3/c1-16(2,3)23-15(21)20-12-7-8-13(18)14(11-12)19-10-9-17(4,5)22-6/h7-8,11,19H,9-10H2,1-6H3,(H,20,21). The molecule has 0 heterocycles. The zero-order valence-corrected chi connectivity index (χ0v) is 14.7. The Kier molecular flexibility index (Phi) is 6.38. The van der Waals surface area contributed by atoms with E-state index in [1.165, 1.54) is 12.1 Å². The molecule has 1 aromatic rings. The summed E-state index contributed by atoms with van der Waals surface area (Å²) in [6.07, 6.45) is 0.141. The van der Waals surface area contributed by atoms with Crippen molar-refractivity contribution in [2.45, 2.75) is 52.2 Å². The highest BCUT2D eigenvalue weighted by atomic mass is 19.1. The molecule has 0 saturated carbocycles. The largest absolute Gasteiger partial charge is 0.444 e. The van der Waals surface area contributed by atoms with Crippen molar-refractivity contribution in [1.29, 1.82) is 0 Å². The normalized spacial score (nSPS) is 12.0. The minimum Gasteiger partial charge on any atom is -0.444 e. The summed E-state index contributed by atoms with van der Waals surface area (Å²) in [5.74, 6) is -0.380. The van der Waals surface area contributed by atoms with Gasteiger partial charge in [0.05, 0.1) is 11.3 Å². The number of halogens is 1. The van der Waals surface area contributed by atoms with Crippen LogP contribution in [0.25, 0.3) is 0 Å². The quantitative estimate of drug-likeness (QED) is 0.813. The van der Waals surface area contributed by atoms with Gasteiger partial charge < -0.3 is 14.8 Å². The molecular formula is C17H27FN2O3. The maximum absolute atomic E-state index is 13.8. The Morgan fingerprint density at radius 2 is 1.87 bits per heavy atom. The van der Waals surface area contributed by atoms with Crippen molar-refractivity contribution in [3.8, 4) is 0 Å². The Balaban J connectivity index is 2.67. The molecule has 0 bridgehead atoms. The van der Waals surface area contributed by atoms with Gasteiger partial charge in [0, 0.05) is 19.3 Å². The van der Waals surface area contributed by atoms with Crippen LogP contribution in [0.3, 0.4) is 0 Å². The molecule has 6 heteroatoms. The lowest BCUT2D eigenvalue weighted by molar-refractivity contribution is 0.0184. The highest BCUT2D eigenvalue weighted by Crippen LogP contribution is 2.21. The minimum absolute atomic E-state index is 0.282. The Bertz CT molecular complexity index is 539. The van der Waals surface area contributed by atoms with Crippen LogP contribution in [0.2, 0.25) is 0 Å². The summed E-state index contributed by atoms with van der Waals surface area (Å²) in [5, 5.41) is 5.61. The van der Waals surface area contributed by atoms with Crippen LogP contribution in [0.1, 0.15) is 41.0 Å². The van der Waals surface area contributed by atoms with Gasteiger partial charge in [0.25, 0.3) is 0 Å². The number of rotatable bonds is 6. The van der Waals surface area contributed by atoms with Gasteiger partial charge in [0.15, 0.2) is 0 Å². The molecule has 1 rings (SSSR count). The van der Waals surface area contributed by atoms with Crippen LogP contribution in [0.5, 0.6) is 0 Å². The summed E-state index contributed by atoms with van der Waals surface area (Å²) in [7, 11) is 1.64. The lowest BCUT2D eigenvalue weighted by atomic mass is 10.1. The summed E-state index contributed by atoms with van der Waals surface area (Å²) >= 11 is 0. The van der Waals surface area contributed by atoms with Gasteiger partial charge in [-0.25, -0.2) is 9.18 Å². The number of ether oxygens (including phenoxy) is 2. The number of carbonyl (C=O) groups is 1. The van der Waals surface area contributed by atoms with Gasteiger partial charge in [-0.15, -0.1) is 0 Å². The molecule has 0 aliphatic carbocycles. The zero-order valence-electron chi connectivity index (χ0n) is 14.7. The summed E-state index contributed by atoms with van der Waals surface area (Å²) in [4.78, 5) is 11.7. The number of anilines is 2. The van der Waals surface area contributed by atoms with Crippen molar-refractivity contribution in [2.24, 2.45) is 0 Å². The second-order valence-electron chi connectivity index (χ2n) is 6.96. The molecule has 1 amide bonds. The predicted molar refractivity (Wildman–Crippen MR) is 90.5 cm³/mol. The monoisotopic (exact) mass is 326 g/mol. The van der Waals surface area contributed by atoms with E-state index in [-0.39, 0.29) is 11.4 Å². The van der Waals surface area contributed by atoms with E-state index >= 15 is 0 Å². The van der Waals surface area contributed by atoms with Crippen molar-refractivity contribution in [2.75, 3.05) is 24.3 Å². The van der Waals surface area contributed by atoms with Gasteiger partial charge in [0.2, 0.25) is 0 Å². The second kappa shape index (κ2) is 7.64. The van der Waals surface area contributed by atoms with Crippen LogP contribution in [0, 0.1) is 5.82 Å². The molecule has 0 aromatic heterocycles. The van der Waals surface area contributed by atoms with Crippen LogP contribution in [0.15, 0.2) is 18.2 Å². The van der Waals surface area contributed by atoms with Crippen LogP contribution >= 0.6 is 0 Å². The van der Waals surface area contributed by atoms with Gasteiger partial charge in [0.1, 0.15) is 11.4 Å². The molecule has 0 fully saturated rings. The highest BCUT2D eigenvalue weighted by molar-refractivity contribution is 5.85. The van der Waals surface area contributed by atoms with E-state index in [0.29, 0.717) is 24.3 Å². The summed E-state index contributed by atoms with van der Waals surface area (Å²) < 4.78 is 24.3. The fraction of sp³-hybridized carbons (Fsp3) is 0.588. The van der Waals surface area contributed by atoms with Crippen LogP contribution < -0.4 is 10.6 Å². The lowest BCUT2D eigenvalue weighted by Crippen LogP contribution is -2.27. The summed E-state index contributed by atoms with van der Waals surface area (Å²) in [6.45, 7) is 9.82. The number of amides is 1. The average Bonchev–Trinajstić information content (AvgIpc) is 2.40. The van der Waals surface area contributed by atoms with Gasteiger partial charge in [-0.1, -0.05) is 0 Å². The average molecular weight is 326 g/mol. The lowest BCUT2D eigenvalue weighted by Gasteiger charge is -2.23. The van der Waals surface area contributed by atoms with Crippen molar-refractivity contribution < 1.29 is 18.7 Å². The van der Waals surface area contributed by atoms with Crippen LogP contribution in [0.4, 0.5) is 20.6 Å². The van der Waals surface area contributed by atoms with E-state index in [1.54, 1.807) is 33.9 Å². The molecular weight excluding hydrogens is 299 g/mol. The van der Waals surface area contributed by atoms with Crippen LogP contribution in [-0.4, -0.2) is 30.9 Å². The SMILES string of the molecule is COC(C)(C)CCNc1cc(NC(=O)OC(C)(C)C)ccc1F. The first-order chi connectivity index (χ1) is 10.5. The Morgan fingerprint density at radius 1 is 1.22 bits per heavy atom. The van der Waals surface area contributed by atoms with Gasteiger partial charge >= 0.3 is 6.09 Å². The molecule has 2 N–H and O–H groups in total. The maximum atomic E-state index is 13.8. The predicted octanol–water partition coefficient (Wildman–Crippen LogP) is 4.40. The Morgan fingerprint density at radius 3 is 2.43 bits per heavy atom. The highest BCUT2D eigenvalue weighted by Gasteiger charge is 2.17. The van der Waals surface area contributed by atoms with E-state index in [2.05, 4.69) is 10.6 Å². The number of nitrogens with one attached hydrogen (secondary N) is 2. The third-order valence-corrected chi connectivity index (χ3v) is 3.21. The van der Waals surface area contributed by atoms with Gasteiger partial charge in [-0.05, 0) is 59.2 Å². The van der Waals surface area contributed by atoms with E-state index in [4.69, 9.17) is 9.47 Å². The summed E-state index contributed by atoms with van der Waals surface area (Å²) in [6, 6.07) is 4.33. The first-order valence-electron chi connectivity index (χ1n) is 7.61. The fourth-order valence-corrected chi connectivity index (χ4v) is 1.76. The van der Waals surface area contributed by atoms with Crippen molar-refractivity contribution in [3.63, 3.8) is 0 Å². The molecule has 0 spiro atoms. The van der Waals surface area contributed by atoms with E-state index in [1.807, 2.05) is 13.8 Å². The maximum Gasteiger partial charge on any atom is 0.412 e. The number of hydrogen-bond acceptors (Lipinski definition) is 4. The third kappa shape index (κ3) is 7.32. The molecule has 0 aliphatic rings. The minimum atomic E-state index is -0.586. The Hall–Kier alpha value is -1.82. The summed E-state index contributed by atoms with van der Waals surface area (Å²) in [5.41, 5.74) is -0.0770. The molecule has 0 aliphatic heterocycles. The van der Waals surface area contributed by atoms with E-state index < -0.39 is 11.7 Å². The van der Waals surface area contributed by atoms with Gasteiger partial charge in [-0.2, -0.15) is 0 Å². The van der Waals surface area contributed by atoms with Crippen molar-refractivity contribution in [3.05, 3.63) is 24.0 Å². The number of hydrogen-bond donors (Lipinski definition) is 2. The fourth-order valence-electron chi connectivity index (χ4n) is 1.76. The van der Waals surface area contributed by atoms with Crippen LogP contribution in [-0.2, 0) is 9.47 Å². The molecule has 0 radical (unpaired) electrons. The second-order valence-corrected chi connectivity index (χ2v) is 6.96. The number of benzene rings is 1. The van der Waals surface area contributed by atoms with E-state index in [9.17, 15) is 9.18 Å². The Labute approximate surface area is 137 Å².